The molecule has 0 aliphatic carbocycles. The van der Waals surface area contributed by atoms with E-state index in [-0.39, 0.29) is 34.1 Å². The molecule has 156 valence electrons. The quantitative estimate of drug-likeness (QED) is 0.253. The van der Waals surface area contributed by atoms with Crippen LogP contribution in [0.1, 0.15) is 16.1 Å². The Morgan fingerprint density at radius 3 is 2.70 bits per heavy atom. The maximum absolute atomic E-state index is 13.4. The Morgan fingerprint density at radius 2 is 2.07 bits per heavy atom. The van der Waals surface area contributed by atoms with Crippen molar-refractivity contribution in [1.29, 1.82) is 0 Å². The summed E-state index contributed by atoms with van der Waals surface area (Å²) in [7, 11) is 1.42. The molecule has 13 heteroatoms. The first kappa shape index (κ1) is 20.6. The third-order valence-corrected chi connectivity index (χ3v) is 3.90. The normalized spacial score (nSPS) is 12.1. The van der Waals surface area contributed by atoms with E-state index in [1.165, 1.54) is 13.1 Å². The van der Waals surface area contributed by atoms with Crippen molar-refractivity contribution < 1.29 is 27.6 Å². The lowest BCUT2D eigenvalue weighted by molar-refractivity contribution is -0.389. The van der Waals surface area contributed by atoms with Crippen LogP contribution >= 0.6 is 0 Å². The van der Waals surface area contributed by atoms with Crippen LogP contribution in [-0.2, 0) is 6.18 Å². The van der Waals surface area contributed by atoms with Crippen molar-refractivity contribution >= 4 is 28.6 Å². The molecule has 0 atom stereocenters. The van der Waals surface area contributed by atoms with E-state index in [2.05, 4.69) is 20.3 Å². The predicted octanol–water partition coefficient (Wildman–Crippen LogP) is 2.96. The number of aromatic amines is 1. The summed E-state index contributed by atoms with van der Waals surface area (Å²) in [5.74, 6) is -1.76. The summed E-state index contributed by atoms with van der Waals surface area (Å²) in [6.07, 6.45) is -3.59. The van der Waals surface area contributed by atoms with Crippen molar-refractivity contribution in [1.82, 2.24) is 15.3 Å². The molecule has 0 saturated carbocycles. The molecular weight excluding hydrogens is 409 g/mol. The number of carbonyl (C=O) groups excluding carboxylic acids is 1. The zero-order valence-corrected chi connectivity index (χ0v) is 15.1. The number of guanidine groups is 1. The molecule has 4 N–H and O–H groups in total. The van der Waals surface area contributed by atoms with Crippen LogP contribution in [0.3, 0.4) is 0 Å². The molecule has 0 bridgehead atoms. The highest BCUT2D eigenvalue weighted by Gasteiger charge is 2.34. The largest absolute Gasteiger partial charge is 0.455 e. The number of nitrogens with zero attached hydrogens (tertiary/aromatic N) is 3. The van der Waals surface area contributed by atoms with Gasteiger partial charge < -0.3 is 30.9 Å². The first-order valence-corrected chi connectivity index (χ1v) is 8.17. The van der Waals surface area contributed by atoms with Crippen molar-refractivity contribution in [2.45, 2.75) is 6.18 Å². The molecule has 3 aromatic rings. The number of amides is 1. The summed E-state index contributed by atoms with van der Waals surface area (Å²) < 4.78 is 45.8. The molecule has 0 unspecified atom stereocenters. The summed E-state index contributed by atoms with van der Waals surface area (Å²) in [4.78, 5) is 31.9. The van der Waals surface area contributed by atoms with Gasteiger partial charge in [-0.05, 0) is 28.1 Å². The van der Waals surface area contributed by atoms with Gasteiger partial charge in [-0.2, -0.15) is 18.2 Å². The molecule has 30 heavy (non-hydrogen) atoms. The van der Waals surface area contributed by atoms with Crippen LogP contribution in [0.15, 0.2) is 41.5 Å². The van der Waals surface area contributed by atoms with Crippen LogP contribution in [0.5, 0.6) is 11.5 Å². The van der Waals surface area contributed by atoms with E-state index in [0.29, 0.717) is 0 Å². The van der Waals surface area contributed by atoms with E-state index >= 15 is 0 Å². The second-order valence-corrected chi connectivity index (χ2v) is 5.84. The number of aromatic nitrogens is 2. The maximum atomic E-state index is 13.4. The average Bonchev–Trinajstić information content (AvgIpc) is 3.13. The molecule has 10 nitrogen and oxygen atoms in total. The van der Waals surface area contributed by atoms with Gasteiger partial charge in [-0.3, -0.25) is 4.79 Å². The number of alkyl halides is 3. The topological polar surface area (TPSA) is 149 Å². The van der Waals surface area contributed by atoms with Gasteiger partial charge in [0.25, 0.3) is 5.91 Å². The van der Waals surface area contributed by atoms with Gasteiger partial charge in [-0.15, -0.1) is 0 Å². The number of nitrogens with one attached hydrogen (secondary N) is 2. The molecule has 1 amide bonds. The SMILES string of the molecule is CNC(N)=NC(=O)c1cc2c(C(F)(F)F)ccc(Oc3ccnc([N+](=O)[O-])c3)c2[nH]1. The molecule has 2 aromatic heterocycles. The zero-order chi connectivity index (χ0) is 22.1. The molecule has 0 spiro atoms. The van der Waals surface area contributed by atoms with Gasteiger partial charge in [0.2, 0.25) is 0 Å². The summed E-state index contributed by atoms with van der Waals surface area (Å²) >= 11 is 0. The lowest BCUT2D eigenvalue weighted by atomic mass is 10.1. The Kier molecular flexibility index (Phi) is 5.27. The second-order valence-electron chi connectivity index (χ2n) is 5.84. The molecule has 0 saturated heterocycles. The van der Waals surface area contributed by atoms with Crippen LogP contribution in [0.25, 0.3) is 10.9 Å². The Labute approximate surface area is 165 Å². The molecule has 0 aliphatic heterocycles. The number of H-pyrrole nitrogens is 1. The number of hydrogen-bond donors (Lipinski definition) is 3. The Bertz CT molecular complexity index is 1170. The van der Waals surface area contributed by atoms with Crippen LogP contribution in [-0.4, -0.2) is 33.8 Å². The van der Waals surface area contributed by atoms with Gasteiger partial charge in [0.1, 0.15) is 17.6 Å². The third kappa shape index (κ3) is 4.14. The number of aliphatic imine (C=N–C) groups is 1. The summed E-state index contributed by atoms with van der Waals surface area (Å²) in [5.41, 5.74) is 4.00. The minimum Gasteiger partial charge on any atom is -0.455 e. The van der Waals surface area contributed by atoms with Gasteiger partial charge in [-0.25, -0.2) is 0 Å². The van der Waals surface area contributed by atoms with Gasteiger partial charge in [0, 0.05) is 18.5 Å². The average molecular weight is 422 g/mol. The minimum absolute atomic E-state index is 0.0299. The first-order valence-electron chi connectivity index (χ1n) is 8.17. The summed E-state index contributed by atoms with van der Waals surface area (Å²) in [5, 5.41) is 12.9. The van der Waals surface area contributed by atoms with Crippen molar-refractivity contribution in [3.8, 4) is 11.5 Å². The van der Waals surface area contributed by atoms with Crippen LogP contribution < -0.4 is 15.8 Å². The number of benzene rings is 1. The van der Waals surface area contributed by atoms with E-state index in [9.17, 15) is 28.1 Å². The van der Waals surface area contributed by atoms with E-state index < -0.39 is 28.4 Å². The van der Waals surface area contributed by atoms with E-state index in [0.717, 1.165) is 30.5 Å². The fourth-order valence-corrected chi connectivity index (χ4v) is 2.56. The van der Waals surface area contributed by atoms with Crippen molar-refractivity contribution in [3.05, 3.63) is 57.9 Å². The number of hydrogen-bond acceptors (Lipinski definition) is 5. The highest BCUT2D eigenvalue weighted by Crippen LogP contribution is 2.40. The Hall–Kier alpha value is -4.16. The molecule has 0 fully saturated rings. The van der Waals surface area contributed by atoms with Gasteiger partial charge in [0.15, 0.2) is 11.7 Å². The number of nitro groups is 1. The lowest BCUT2D eigenvalue weighted by Gasteiger charge is -2.11. The smallest absolute Gasteiger partial charge is 0.417 e. The number of nitrogens with two attached hydrogens (primary N) is 1. The van der Waals surface area contributed by atoms with Crippen molar-refractivity contribution in [2.24, 2.45) is 10.7 Å². The fourth-order valence-electron chi connectivity index (χ4n) is 2.56. The second kappa shape index (κ2) is 7.69. The van der Waals surface area contributed by atoms with Gasteiger partial charge in [-0.1, -0.05) is 0 Å². The summed E-state index contributed by atoms with van der Waals surface area (Å²) in [6.45, 7) is 0. The molecular formula is C17H13F3N6O4. The zero-order valence-electron chi connectivity index (χ0n) is 15.1. The molecule has 1 aromatic carbocycles. The monoisotopic (exact) mass is 422 g/mol. The van der Waals surface area contributed by atoms with E-state index in [1.54, 1.807) is 0 Å². The number of fused-ring (bicyclic) bond motifs is 1. The predicted molar refractivity (Wildman–Crippen MR) is 99.3 cm³/mol. The van der Waals surface area contributed by atoms with Crippen molar-refractivity contribution in [3.63, 3.8) is 0 Å². The number of pyridine rings is 1. The number of halogens is 3. The Balaban J connectivity index is 2.12. The van der Waals surface area contributed by atoms with Crippen molar-refractivity contribution in [2.75, 3.05) is 7.05 Å². The first-order chi connectivity index (χ1) is 14.1. The molecule has 0 radical (unpaired) electrons. The highest BCUT2D eigenvalue weighted by molar-refractivity contribution is 6.05. The lowest BCUT2D eigenvalue weighted by Crippen LogP contribution is -2.28. The third-order valence-electron chi connectivity index (χ3n) is 3.90. The van der Waals surface area contributed by atoms with E-state index in [4.69, 9.17) is 10.5 Å². The highest BCUT2D eigenvalue weighted by atomic mass is 19.4. The fraction of sp³-hybridized carbons (Fsp3) is 0.118. The number of ether oxygens (including phenoxy) is 1. The van der Waals surface area contributed by atoms with Crippen LogP contribution in [0.4, 0.5) is 19.0 Å². The minimum atomic E-state index is -4.71. The molecule has 2 heterocycles. The number of carbonyl (C=O) groups is 1. The molecule has 3 rings (SSSR count). The number of rotatable bonds is 4. The van der Waals surface area contributed by atoms with Crippen LogP contribution in [0.2, 0.25) is 0 Å². The maximum Gasteiger partial charge on any atom is 0.417 e. The van der Waals surface area contributed by atoms with E-state index in [1.807, 2.05) is 0 Å². The Morgan fingerprint density at radius 1 is 1.33 bits per heavy atom. The van der Waals surface area contributed by atoms with Gasteiger partial charge in [0.05, 0.1) is 17.1 Å². The standard InChI is InChI=1S/C17H13F3N6O4/c1-22-16(21)25-15(27)11-7-9-10(17(18,19)20)2-3-12(14(9)24-11)30-8-4-5-23-13(6-8)26(28)29/h2-7,24H,1H3,(H3,21,22,25,27). The van der Waals surface area contributed by atoms with Crippen LogP contribution in [0, 0.1) is 10.1 Å². The van der Waals surface area contributed by atoms with Gasteiger partial charge >= 0.3 is 12.0 Å². The molecule has 0 aliphatic rings. The summed E-state index contributed by atoms with van der Waals surface area (Å²) in [6, 6.07) is 5.10.